The number of ether oxygens (including phenoxy) is 3. The molecule has 0 saturated carbocycles. The second kappa shape index (κ2) is 9.97. The molecule has 0 radical (unpaired) electrons. The van der Waals surface area contributed by atoms with Crippen molar-refractivity contribution in [1.82, 2.24) is 4.90 Å². The van der Waals surface area contributed by atoms with Crippen molar-refractivity contribution in [2.75, 3.05) is 39.3 Å². The first-order valence-electron chi connectivity index (χ1n) is 9.59. The second-order valence-corrected chi connectivity index (χ2v) is 6.68. The van der Waals surface area contributed by atoms with Gasteiger partial charge in [0.1, 0.15) is 12.6 Å². The lowest BCUT2D eigenvalue weighted by Gasteiger charge is -2.34. The summed E-state index contributed by atoms with van der Waals surface area (Å²) in [6.45, 7) is 1.32. The quantitative estimate of drug-likeness (QED) is 0.683. The molecule has 8 nitrogen and oxygen atoms in total. The lowest BCUT2D eigenvalue weighted by atomic mass is 10.0. The first kappa shape index (κ1) is 20.7. The third kappa shape index (κ3) is 5.08. The zero-order valence-electron chi connectivity index (χ0n) is 16.7. The highest BCUT2D eigenvalue weighted by molar-refractivity contribution is 6.00. The highest BCUT2D eigenvalue weighted by Crippen LogP contribution is 2.31. The first-order valence-corrected chi connectivity index (χ1v) is 9.59. The van der Waals surface area contributed by atoms with Crippen molar-refractivity contribution in [1.29, 1.82) is 0 Å². The summed E-state index contributed by atoms with van der Waals surface area (Å²) in [5, 5.41) is 2.89. The van der Waals surface area contributed by atoms with Crippen molar-refractivity contribution in [3.05, 3.63) is 42.4 Å². The maximum atomic E-state index is 13.0. The van der Waals surface area contributed by atoms with Crippen molar-refractivity contribution in [3.8, 4) is 11.5 Å². The van der Waals surface area contributed by atoms with Crippen molar-refractivity contribution in [3.63, 3.8) is 0 Å². The molecule has 1 unspecified atom stereocenters. The zero-order chi connectivity index (χ0) is 20.6. The maximum Gasteiger partial charge on any atom is 0.290 e. The fourth-order valence-corrected chi connectivity index (χ4v) is 3.32. The van der Waals surface area contributed by atoms with Gasteiger partial charge in [-0.15, -0.1) is 0 Å². The summed E-state index contributed by atoms with van der Waals surface area (Å²) in [5.41, 5.74) is 0.569. The first-order chi connectivity index (χ1) is 14.1. The average Bonchev–Trinajstić information content (AvgIpc) is 3.28. The van der Waals surface area contributed by atoms with Gasteiger partial charge in [0.15, 0.2) is 17.3 Å². The van der Waals surface area contributed by atoms with E-state index in [0.29, 0.717) is 43.4 Å². The summed E-state index contributed by atoms with van der Waals surface area (Å²) in [4.78, 5) is 27.2. The van der Waals surface area contributed by atoms with Gasteiger partial charge in [-0.3, -0.25) is 9.59 Å². The summed E-state index contributed by atoms with van der Waals surface area (Å²) in [5.74, 6) is 0.801. The highest BCUT2D eigenvalue weighted by Gasteiger charge is 2.33. The van der Waals surface area contributed by atoms with E-state index in [1.54, 1.807) is 49.5 Å². The molecule has 1 aliphatic rings. The van der Waals surface area contributed by atoms with E-state index in [4.69, 9.17) is 18.6 Å². The van der Waals surface area contributed by atoms with Gasteiger partial charge in [0.25, 0.3) is 5.91 Å². The maximum absolute atomic E-state index is 13.0. The molecule has 156 valence electrons. The number of hydrogen-bond acceptors (Lipinski definition) is 6. The van der Waals surface area contributed by atoms with Gasteiger partial charge in [-0.05, 0) is 43.5 Å². The molecule has 2 amide bonds. The number of amides is 2. The number of nitrogens with one attached hydrogen (secondary N) is 1. The molecule has 1 aromatic carbocycles. The van der Waals surface area contributed by atoms with E-state index in [2.05, 4.69) is 5.32 Å². The number of hydrogen-bond donors (Lipinski definition) is 1. The molecule has 8 heteroatoms. The van der Waals surface area contributed by atoms with Gasteiger partial charge in [0, 0.05) is 25.4 Å². The van der Waals surface area contributed by atoms with E-state index in [-0.39, 0.29) is 17.6 Å². The molecule has 1 N–H and O–H groups in total. The Morgan fingerprint density at radius 3 is 2.76 bits per heavy atom. The minimum Gasteiger partial charge on any atom is -0.493 e. The van der Waals surface area contributed by atoms with Crippen LogP contribution < -0.4 is 14.8 Å². The zero-order valence-corrected chi connectivity index (χ0v) is 16.7. The molecule has 29 heavy (non-hydrogen) atoms. The molecule has 2 aromatic rings. The van der Waals surface area contributed by atoms with Gasteiger partial charge in [-0.2, -0.15) is 0 Å². The fourth-order valence-electron chi connectivity index (χ4n) is 3.32. The van der Waals surface area contributed by atoms with Crippen molar-refractivity contribution >= 4 is 17.5 Å². The third-order valence-electron chi connectivity index (χ3n) is 4.77. The smallest absolute Gasteiger partial charge is 0.290 e. The van der Waals surface area contributed by atoms with E-state index in [0.717, 1.165) is 12.8 Å². The van der Waals surface area contributed by atoms with Gasteiger partial charge in [-0.25, -0.2) is 0 Å². The van der Waals surface area contributed by atoms with E-state index in [9.17, 15) is 9.59 Å². The van der Waals surface area contributed by atoms with Crippen LogP contribution >= 0.6 is 0 Å². The number of rotatable bonds is 8. The molecule has 0 spiro atoms. The van der Waals surface area contributed by atoms with Crippen LogP contribution in [0.4, 0.5) is 5.69 Å². The fraction of sp³-hybridized carbons (Fsp3) is 0.429. The largest absolute Gasteiger partial charge is 0.493 e. The van der Waals surface area contributed by atoms with Gasteiger partial charge in [0.05, 0.1) is 20.0 Å². The number of piperidine rings is 1. The Labute approximate surface area is 169 Å². The number of carbonyl (C=O) groups is 2. The topological polar surface area (TPSA) is 90.2 Å². The molecule has 1 saturated heterocycles. The number of likely N-dealkylation sites (tertiary alicyclic amines) is 1. The SMILES string of the molecule is COCCOc1cc(NC(=O)C2CCCCN2C(=O)c2ccco2)ccc1OC. The lowest BCUT2D eigenvalue weighted by Crippen LogP contribution is -2.49. The highest BCUT2D eigenvalue weighted by atomic mass is 16.5. The number of anilines is 1. The van der Waals surface area contributed by atoms with Crippen LogP contribution in [0.2, 0.25) is 0 Å². The molecule has 0 bridgehead atoms. The Hall–Kier alpha value is -3.00. The van der Waals surface area contributed by atoms with Gasteiger partial charge >= 0.3 is 0 Å². The standard InChI is InChI=1S/C21H26N2O6/c1-26-12-13-29-19-14-15(8-9-17(19)27-2)22-20(24)16-6-3-4-10-23(16)21(25)18-7-5-11-28-18/h5,7-9,11,14,16H,3-4,6,10,12-13H2,1-2H3,(H,22,24). The summed E-state index contributed by atoms with van der Waals surface area (Å²) < 4.78 is 21.2. The Balaban J connectivity index is 1.72. The summed E-state index contributed by atoms with van der Waals surface area (Å²) in [6.07, 6.45) is 3.80. The molecular weight excluding hydrogens is 376 g/mol. The van der Waals surface area contributed by atoms with Crippen molar-refractivity contribution in [2.24, 2.45) is 0 Å². The minimum atomic E-state index is -0.554. The van der Waals surface area contributed by atoms with Gasteiger partial charge < -0.3 is 28.8 Å². The molecule has 1 aromatic heterocycles. The third-order valence-corrected chi connectivity index (χ3v) is 4.77. The van der Waals surface area contributed by atoms with Gasteiger partial charge in [0.2, 0.25) is 5.91 Å². The number of benzene rings is 1. The minimum absolute atomic E-state index is 0.238. The predicted octanol–water partition coefficient (Wildman–Crippen LogP) is 2.95. The van der Waals surface area contributed by atoms with Crippen LogP contribution in [-0.2, 0) is 9.53 Å². The van der Waals surface area contributed by atoms with Crippen LogP contribution in [0.3, 0.4) is 0 Å². The van der Waals surface area contributed by atoms with Crippen LogP contribution in [0.1, 0.15) is 29.8 Å². The van der Waals surface area contributed by atoms with Gasteiger partial charge in [-0.1, -0.05) is 0 Å². The van der Waals surface area contributed by atoms with Crippen molar-refractivity contribution < 1.29 is 28.2 Å². The Morgan fingerprint density at radius 2 is 2.03 bits per heavy atom. The predicted molar refractivity (Wildman–Crippen MR) is 106 cm³/mol. The number of nitrogens with zero attached hydrogens (tertiary/aromatic N) is 1. The van der Waals surface area contributed by atoms with E-state index < -0.39 is 6.04 Å². The Bertz CT molecular complexity index is 821. The summed E-state index contributed by atoms with van der Waals surface area (Å²) in [7, 11) is 3.15. The monoisotopic (exact) mass is 402 g/mol. The molecule has 1 atom stereocenters. The second-order valence-electron chi connectivity index (χ2n) is 6.68. The normalized spacial score (nSPS) is 16.3. The van der Waals surface area contributed by atoms with Crippen LogP contribution in [0.15, 0.2) is 41.0 Å². The summed E-state index contributed by atoms with van der Waals surface area (Å²) >= 11 is 0. The Morgan fingerprint density at radius 1 is 1.17 bits per heavy atom. The van der Waals surface area contributed by atoms with Crippen molar-refractivity contribution in [2.45, 2.75) is 25.3 Å². The molecule has 1 fully saturated rings. The molecule has 2 heterocycles. The molecular formula is C21H26N2O6. The number of methoxy groups -OCH3 is 2. The van der Waals surface area contributed by atoms with Crippen LogP contribution in [0.25, 0.3) is 0 Å². The van der Waals surface area contributed by atoms with Crippen LogP contribution in [0.5, 0.6) is 11.5 Å². The van der Waals surface area contributed by atoms with E-state index in [1.807, 2.05) is 0 Å². The number of carbonyl (C=O) groups excluding carboxylic acids is 2. The van der Waals surface area contributed by atoms with E-state index >= 15 is 0 Å². The van der Waals surface area contributed by atoms with Crippen LogP contribution in [-0.4, -0.2) is 56.7 Å². The van der Waals surface area contributed by atoms with Crippen LogP contribution in [0, 0.1) is 0 Å². The Kier molecular flexibility index (Phi) is 7.13. The summed E-state index contributed by atoms with van der Waals surface area (Å²) in [6, 6.07) is 7.88. The lowest BCUT2D eigenvalue weighted by molar-refractivity contribution is -0.121. The average molecular weight is 402 g/mol. The van der Waals surface area contributed by atoms with E-state index in [1.165, 1.54) is 6.26 Å². The molecule has 3 rings (SSSR count). The number of furan rings is 1. The molecule has 0 aliphatic carbocycles. The molecule has 1 aliphatic heterocycles.